The average Bonchev–Trinajstić information content (AvgIpc) is 2.55. The van der Waals surface area contributed by atoms with Crippen LogP contribution in [0.2, 0.25) is 0 Å². The number of benzene rings is 1. The fraction of sp³-hybridized carbons (Fsp3) is 0.250. The van der Waals surface area contributed by atoms with E-state index in [1.165, 1.54) is 20.3 Å². The van der Waals surface area contributed by atoms with Gasteiger partial charge in [0.05, 0.1) is 26.4 Å². The molecule has 0 spiro atoms. The number of pyridine rings is 1. The molecule has 0 radical (unpaired) electrons. The highest BCUT2D eigenvalue weighted by Crippen LogP contribution is 2.40. The Kier molecular flexibility index (Phi) is 4.83. The Morgan fingerprint density at radius 2 is 2.00 bits per heavy atom. The van der Waals surface area contributed by atoms with Gasteiger partial charge in [-0.3, -0.25) is 0 Å². The van der Waals surface area contributed by atoms with E-state index in [-0.39, 0.29) is 5.56 Å². The van der Waals surface area contributed by atoms with E-state index in [4.69, 9.17) is 14.2 Å². The molecule has 116 valence electrons. The maximum Gasteiger partial charge on any atom is 0.335 e. The first-order valence-corrected chi connectivity index (χ1v) is 6.69. The first-order chi connectivity index (χ1) is 10.6. The minimum Gasteiger partial charge on any atom is -0.493 e. The highest BCUT2D eigenvalue weighted by Gasteiger charge is 2.18. The van der Waals surface area contributed by atoms with Gasteiger partial charge in [0, 0.05) is 17.8 Å². The number of nitrogens with zero attached hydrogens (tertiary/aromatic N) is 1. The third-order valence-electron chi connectivity index (χ3n) is 3.07. The smallest absolute Gasteiger partial charge is 0.335 e. The number of carboxylic acids is 1. The van der Waals surface area contributed by atoms with Gasteiger partial charge in [-0.25, -0.2) is 9.78 Å². The molecule has 0 saturated carbocycles. The summed E-state index contributed by atoms with van der Waals surface area (Å²) in [7, 11) is 2.99. The lowest BCUT2D eigenvalue weighted by Gasteiger charge is -2.15. The Balaban J connectivity index is 2.69. The van der Waals surface area contributed by atoms with Gasteiger partial charge in [-0.05, 0) is 30.7 Å². The van der Waals surface area contributed by atoms with E-state index in [9.17, 15) is 9.90 Å². The Labute approximate surface area is 128 Å². The van der Waals surface area contributed by atoms with Crippen LogP contribution in [0.1, 0.15) is 17.3 Å². The number of carboxylic acid groups (broad SMARTS) is 1. The summed E-state index contributed by atoms with van der Waals surface area (Å²) < 4.78 is 16.0. The monoisotopic (exact) mass is 303 g/mol. The third-order valence-corrected chi connectivity index (χ3v) is 3.07. The van der Waals surface area contributed by atoms with E-state index < -0.39 is 5.97 Å². The Hall–Kier alpha value is -2.76. The van der Waals surface area contributed by atoms with Gasteiger partial charge in [0.15, 0.2) is 11.5 Å². The summed E-state index contributed by atoms with van der Waals surface area (Å²) in [4.78, 5) is 15.4. The minimum atomic E-state index is -1.04. The molecule has 2 aromatic rings. The second-order valence-electron chi connectivity index (χ2n) is 4.38. The molecule has 0 fully saturated rings. The quantitative estimate of drug-likeness (QED) is 0.884. The van der Waals surface area contributed by atoms with E-state index in [0.717, 1.165) is 5.56 Å². The summed E-state index contributed by atoms with van der Waals surface area (Å²) in [6.45, 7) is 2.28. The molecule has 0 saturated heterocycles. The molecule has 0 aliphatic heterocycles. The van der Waals surface area contributed by atoms with Crippen LogP contribution in [0.3, 0.4) is 0 Å². The van der Waals surface area contributed by atoms with Crippen molar-refractivity contribution in [3.8, 4) is 28.5 Å². The molecule has 0 atom stereocenters. The van der Waals surface area contributed by atoms with Gasteiger partial charge in [-0.1, -0.05) is 0 Å². The molecule has 6 heteroatoms. The molecule has 22 heavy (non-hydrogen) atoms. The van der Waals surface area contributed by atoms with Crippen molar-refractivity contribution in [2.75, 3.05) is 20.8 Å². The lowest BCUT2D eigenvalue weighted by atomic mass is 10.0. The van der Waals surface area contributed by atoms with E-state index in [1.807, 2.05) is 6.92 Å². The largest absolute Gasteiger partial charge is 0.493 e. The van der Waals surface area contributed by atoms with Crippen molar-refractivity contribution in [3.63, 3.8) is 0 Å². The van der Waals surface area contributed by atoms with Crippen molar-refractivity contribution in [2.24, 2.45) is 0 Å². The lowest BCUT2D eigenvalue weighted by Crippen LogP contribution is -2.03. The molecular weight excluding hydrogens is 286 g/mol. The van der Waals surface area contributed by atoms with Crippen molar-refractivity contribution in [2.45, 2.75) is 6.92 Å². The van der Waals surface area contributed by atoms with Crippen LogP contribution in [0.5, 0.6) is 17.4 Å². The predicted molar refractivity (Wildman–Crippen MR) is 80.9 cm³/mol. The van der Waals surface area contributed by atoms with Gasteiger partial charge < -0.3 is 19.3 Å². The van der Waals surface area contributed by atoms with Crippen molar-refractivity contribution in [3.05, 3.63) is 36.0 Å². The molecular formula is C16H17NO5. The number of aromatic nitrogens is 1. The molecule has 1 heterocycles. The van der Waals surface area contributed by atoms with Gasteiger partial charge >= 0.3 is 5.97 Å². The maximum atomic E-state index is 11.3. The standard InChI is InChI=1S/C16H17NO5/c1-4-22-15-12(10-5-6-17-14(9-10)21-3)7-11(16(18)19)8-13(15)20-2/h5-9H,4H2,1-3H3,(H,18,19). The van der Waals surface area contributed by atoms with Crippen LogP contribution in [0.25, 0.3) is 11.1 Å². The zero-order chi connectivity index (χ0) is 16.1. The first kappa shape index (κ1) is 15.6. The summed E-state index contributed by atoms with van der Waals surface area (Å²) in [6, 6.07) is 6.45. The van der Waals surface area contributed by atoms with Crippen molar-refractivity contribution in [1.29, 1.82) is 0 Å². The summed E-state index contributed by atoms with van der Waals surface area (Å²) >= 11 is 0. The fourth-order valence-corrected chi connectivity index (χ4v) is 2.07. The summed E-state index contributed by atoms with van der Waals surface area (Å²) in [5.74, 6) is 0.249. The third kappa shape index (κ3) is 3.11. The number of methoxy groups -OCH3 is 2. The minimum absolute atomic E-state index is 0.117. The summed E-state index contributed by atoms with van der Waals surface area (Å²) in [5, 5.41) is 9.26. The van der Waals surface area contributed by atoms with Crippen LogP contribution >= 0.6 is 0 Å². The molecule has 6 nitrogen and oxygen atoms in total. The van der Waals surface area contributed by atoms with Crippen LogP contribution in [-0.4, -0.2) is 36.9 Å². The van der Waals surface area contributed by atoms with E-state index in [0.29, 0.717) is 29.5 Å². The average molecular weight is 303 g/mol. The summed E-state index contributed by atoms with van der Waals surface area (Å²) in [6.07, 6.45) is 1.59. The van der Waals surface area contributed by atoms with Gasteiger partial charge in [0.25, 0.3) is 0 Å². The summed E-state index contributed by atoms with van der Waals surface area (Å²) in [5.41, 5.74) is 1.46. The second-order valence-corrected chi connectivity index (χ2v) is 4.38. The first-order valence-electron chi connectivity index (χ1n) is 6.69. The topological polar surface area (TPSA) is 77.9 Å². The highest BCUT2D eigenvalue weighted by atomic mass is 16.5. The number of hydrogen-bond donors (Lipinski definition) is 1. The number of aromatic carboxylic acids is 1. The van der Waals surface area contributed by atoms with Gasteiger partial charge in [0.1, 0.15) is 0 Å². The lowest BCUT2D eigenvalue weighted by molar-refractivity contribution is 0.0696. The van der Waals surface area contributed by atoms with Crippen LogP contribution < -0.4 is 14.2 Å². The van der Waals surface area contributed by atoms with Crippen molar-refractivity contribution >= 4 is 5.97 Å². The molecule has 0 unspecified atom stereocenters. The van der Waals surface area contributed by atoms with Crippen LogP contribution in [0.4, 0.5) is 0 Å². The number of hydrogen-bond acceptors (Lipinski definition) is 5. The Morgan fingerprint density at radius 3 is 2.59 bits per heavy atom. The number of rotatable bonds is 6. The second kappa shape index (κ2) is 6.80. The molecule has 1 aromatic heterocycles. The molecule has 2 rings (SSSR count). The van der Waals surface area contributed by atoms with Gasteiger partial charge in [-0.15, -0.1) is 0 Å². The van der Waals surface area contributed by atoms with Crippen LogP contribution in [0, 0.1) is 0 Å². The van der Waals surface area contributed by atoms with Gasteiger partial charge in [-0.2, -0.15) is 0 Å². The normalized spacial score (nSPS) is 10.1. The molecule has 0 aliphatic rings. The zero-order valence-electron chi connectivity index (χ0n) is 12.6. The Bertz CT molecular complexity index is 684. The molecule has 1 aromatic carbocycles. The van der Waals surface area contributed by atoms with Crippen molar-refractivity contribution < 1.29 is 24.1 Å². The Morgan fingerprint density at radius 1 is 1.23 bits per heavy atom. The van der Waals surface area contributed by atoms with Gasteiger partial charge in [0.2, 0.25) is 5.88 Å². The van der Waals surface area contributed by atoms with Crippen LogP contribution in [0.15, 0.2) is 30.5 Å². The van der Waals surface area contributed by atoms with E-state index in [2.05, 4.69) is 4.98 Å². The highest BCUT2D eigenvalue weighted by molar-refractivity contribution is 5.92. The fourth-order valence-electron chi connectivity index (χ4n) is 2.07. The SMILES string of the molecule is CCOc1c(OC)cc(C(=O)O)cc1-c1ccnc(OC)c1. The number of ether oxygens (including phenoxy) is 3. The number of carbonyl (C=O) groups is 1. The van der Waals surface area contributed by atoms with Crippen molar-refractivity contribution in [1.82, 2.24) is 4.98 Å². The molecule has 1 N–H and O–H groups in total. The molecule has 0 bridgehead atoms. The zero-order valence-corrected chi connectivity index (χ0v) is 12.6. The molecule has 0 aliphatic carbocycles. The van der Waals surface area contributed by atoms with E-state index in [1.54, 1.807) is 24.4 Å². The maximum absolute atomic E-state index is 11.3. The predicted octanol–water partition coefficient (Wildman–Crippen LogP) is 2.86. The molecule has 0 amide bonds. The van der Waals surface area contributed by atoms with Crippen LogP contribution in [-0.2, 0) is 0 Å². The van der Waals surface area contributed by atoms with E-state index >= 15 is 0 Å².